The molecule has 0 aliphatic carbocycles. The van der Waals surface area contributed by atoms with E-state index in [4.69, 9.17) is 21.1 Å². The molecule has 0 bridgehead atoms. The number of unbranched alkanes of at least 4 members (excludes halogenated alkanes) is 1. The summed E-state index contributed by atoms with van der Waals surface area (Å²) < 4.78 is 53.8. The first-order chi connectivity index (χ1) is 20.1. The maximum Gasteiger partial charge on any atom is 0.264 e. The fourth-order valence-electron chi connectivity index (χ4n) is 4.38. The van der Waals surface area contributed by atoms with Crippen molar-refractivity contribution in [2.75, 3.05) is 30.6 Å². The minimum absolute atomic E-state index is 0.0395. The zero-order valence-corrected chi connectivity index (χ0v) is 25.0. The fraction of sp³-hybridized carbons (Fsp3) is 0.333. The summed E-state index contributed by atoms with van der Waals surface area (Å²) in [6, 6.07) is 14.9. The van der Waals surface area contributed by atoms with E-state index in [0.29, 0.717) is 29.5 Å². The van der Waals surface area contributed by atoms with Crippen molar-refractivity contribution >= 4 is 39.1 Å². The molecule has 1 aliphatic heterocycles. The Labute approximate surface area is 250 Å². The van der Waals surface area contributed by atoms with Gasteiger partial charge >= 0.3 is 0 Å². The van der Waals surface area contributed by atoms with Gasteiger partial charge in [0.15, 0.2) is 11.5 Å². The first-order valence-corrected chi connectivity index (χ1v) is 15.4. The van der Waals surface area contributed by atoms with Crippen LogP contribution in [-0.2, 0) is 26.2 Å². The highest BCUT2D eigenvalue weighted by molar-refractivity contribution is 7.92. The highest BCUT2D eigenvalue weighted by Crippen LogP contribution is 2.34. The van der Waals surface area contributed by atoms with Gasteiger partial charge in [-0.05, 0) is 61.4 Å². The topological polar surface area (TPSA) is 105 Å². The summed E-state index contributed by atoms with van der Waals surface area (Å²) in [5.41, 5.74) is 0.654. The smallest absolute Gasteiger partial charge is 0.264 e. The van der Waals surface area contributed by atoms with Crippen molar-refractivity contribution < 1.29 is 31.9 Å². The van der Waals surface area contributed by atoms with Gasteiger partial charge in [0.25, 0.3) is 10.0 Å². The van der Waals surface area contributed by atoms with Gasteiger partial charge in [-0.2, -0.15) is 0 Å². The van der Waals surface area contributed by atoms with Crippen LogP contribution in [0.25, 0.3) is 0 Å². The third kappa shape index (κ3) is 7.32. The Bertz CT molecular complexity index is 1520. The molecule has 2 amide bonds. The number of rotatable bonds is 12. The maximum absolute atomic E-state index is 14.0. The summed E-state index contributed by atoms with van der Waals surface area (Å²) in [5, 5.41) is 3.23. The van der Waals surface area contributed by atoms with Crippen LogP contribution in [0.5, 0.6) is 11.5 Å². The fourth-order valence-corrected chi connectivity index (χ4v) is 6.00. The summed E-state index contributed by atoms with van der Waals surface area (Å²) in [6.45, 7) is 3.89. The molecule has 0 saturated carbocycles. The van der Waals surface area contributed by atoms with Gasteiger partial charge in [0.1, 0.15) is 31.6 Å². The summed E-state index contributed by atoms with van der Waals surface area (Å²) in [4.78, 5) is 28.2. The molecule has 1 heterocycles. The Hall–Kier alpha value is -3.83. The van der Waals surface area contributed by atoms with Crippen molar-refractivity contribution in [2.45, 2.75) is 44.2 Å². The standard InChI is InChI=1S/C30H33ClFN3O6S/c1-3-4-15-33-30(37)21(2)34(19-22-7-5-6-8-26(22)31)29(36)20-35(24-11-9-23(32)10-12-24)42(38,39)25-13-14-27-28(18-25)41-17-16-40-27/h5-14,18,21H,3-4,15-17,19-20H2,1-2H3,(H,33,37)/t21-/m1/s1. The minimum atomic E-state index is -4.37. The van der Waals surface area contributed by atoms with Gasteiger partial charge < -0.3 is 19.7 Å². The number of carbonyl (C=O) groups is 2. The number of carbonyl (C=O) groups excluding carboxylic acids is 2. The first-order valence-electron chi connectivity index (χ1n) is 13.6. The molecule has 0 fully saturated rings. The van der Waals surface area contributed by atoms with E-state index in [0.717, 1.165) is 29.3 Å². The number of sulfonamides is 1. The molecule has 3 aromatic carbocycles. The number of benzene rings is 3. The largest absolute Gasteiger partial charge is 0.486 e. The summed E-state index contributed by atoms with van der Waals surface area (Å²) in [7, 11) is -4.37. The molecule has 0 radical (unpaired) electrons. The van der Waals surface area contributed by atoms with Gasteiger partial charge in [0.2, 0.25) is 11.8 Å². The Morgan fingerprint density at radius 1 is 1.02 bits per heavy atom. The van der Waals surface area contributed by atoms with Crippen LogP contribution in [0.15, 0.2) is 71.6 Å². The zero-order chi connectivity index (χ0) is 30.3. The van der Waals surface area contributed by atoms with E-state index in [1.165, 1.54) is 35.2 Å². The molecule has 224 valence electrons. The summed E-state index contributed by atoms with van der Waals surface area (Å²) in [5.74, 6) is -0.950. The number of ether oxygens (including phenoxy) is 2. The molecule has 42 heavy (non-hydrogen) atoms. The number of nitrogens with one attached hydrogen (secondary N) is 1. The molecule has 0 unspecified atom stereocenters. The average molecular weight is 618 g/mol. The molecule has 12 heteroatoms. The number of hydrogen-bond acceptors (Lipinski definition) is 6. The van der Waals surface area contributed by atoms with Crippen LogP contribution in [-0.4, -0.2) is 57.5 Å². The second-order valence-electron chi connectivity index (χ2n) is 9.73. The number of fused-ring (bicyclic) bond motifs is 1. The molecular weight excluding hydrogens is 585 g/mol. The lowest BCUT2D eigenvalue weighted by atomic mass is 10.1. The Morgan fingerprint density at radius 3 is 2.40 bits per heavy atom. The highest BCUT2D eigenvalue weighted by Gasteiger charge is 2.33. The van der Waals surface area contributed by atoms with Gasteiger partial charge in [-0.25, -0.2) is 12.8 Å². The minimum Gasteiger partial charge on any atom is -0.486 e. The molecule has 0 spiro atoms. The Balaban J connectivity index is 1.70. The van der Waals surface area contributed by atoms with Crippen LogP contribution in [0, 0.1) is 5.82 Å². The van der Waals surface area contributed by atoms with Crippen LogP contribution >= 0.6 is 11.6 Å². The third-order valence-corrected chi connectivity index (χ3v) is 8.93. The molecule has 0 saturated heterocycles. The number of hydrogen-bond donors (Lipinski definition) is 1. The van der Waals surface area contributed by atoms with Gasteiger partial charge in [-0.1, -0.05) is 43.1 Å². The Kier molecular flexibility index (Phi) is 10.3. The van der Waals surface area contributed by atoms with E-state index in [2.05, 4.69) is 5.32 Å². The van der Waals surface area contributed by atoms with E-state index in [1.54, 1.807) is 31.2 Å². The molecular formula is C30H33ClFN3O6S. The number of anilines is 1. The van der Waals surface area contributed by atoms with Gasteiger partial charge in [0, 0.05) is 24.2 Å². The van der Waals surface area contributed by atoms with Gasteiger partial charge in [0.05, 0.1) is 10.6 Å². The predicted octanol–water partition coefficient (Wildman–Crippen LogP) is 4.78. The van der Waals surface area contributed by atoms with Gasteiger partial charge in [-0.15, -0.1) is 0 Å². The lowest BCUT2D eigenvalue weighted by molar-refractivity contribution is -0.139. The van der Waals surface area contributed by atoms with E-state index >= 15 is 0 Å². The van der Waals surface area contributed by atoms with Crippen molar-refractivity contribution in [3.8, 4) is 11.5 Å². The van der Waals surface area contributed by atoms with Crippen LogP contribution in [0.1, 0.15) is 32.3 Å². The summed E-state index contributed by atoms with van der Waals surface area (Å²) in [6.07, 6.45) is 1.64. The third-order valence-electron chi connectivity index (χ3n) is 6.79. The van der Waals surface area contributed by atoms with Crippen molar-refractivity contribution in [1.29, 1.82) is 0 Å². The molecule has 9 nitrogen and oxygen atoms in total. The van der Waals surface area contributed by atoms with Crippen molar-refractivity contribution in [1.82, 2.24) is 10.2 Å². The number of amides is 2. The summed E-state index contributed by atoms with van der Waals surface area (Å²) >= 11 is 6.38. The Morgan fingerprint density at radius 2 is 1.71 bits per heavy atom. The van der Waals surface area contributed by atoms with E-state index in [9.17, 15) is 22.4 Å². The van der Waals surface area contributed by atoms with Gasteiger partial charge in [-0.3, -0.25) is 13.9 Å². The molecule has 1 aliphatic rings. The SMILES string of the molecule is CCCCNC(=O)[C@@H](C)N(Cc1ccccc1Cl)C(=O)CN(c1ccc(F)cc1)S(=O)(=O)c1ccc2c(c1)OCCO2. The van der Waals surface area contributed by atoms with E-state index in [1.807, 2.05) is 6.92 Å². The molecule has 3 aromatic rings. The quantitative estimate of drug-likeness (QED) is 0.293. The zero-order valence-electron chi connectivity index (χ0n) is 23.4. The van der Waals surface area contributed by atoms with E-state index in [-0.39, 0.29) is 35.4 Å². The average Bonchev–Trinajstić information content (AvgIpc) is 2.99. The maximum atomic E-state index is 14.0. The number of halogens is 2. The highest BCUT2D eigenvalue weighted by atomic mass is 35.5. The van der Waals surface area contributed by atoms with E-state index < -0.39 is 34.3 Å². The molecule has 1 atom stereocenters. The predicted molar refractivity (Wildman–Crippen MR) is 158 cm³/mol. The van der Waals surface area contributed by atoms with Crippen molar-refractivity contribution in [3.63, 3.8) is 0 Å². The van der Waals surface area contributed by atoms with Crippen molar-refractivity contribution in [3.05, 3.63) is 83.1 Å². The second kappa shape index (κ2) is 13.9. The number of nitrogens with zero attached hydrogens (tertiary/aromatic N) is 2. The van der Waals surface area contributed by atoms with Crippen LogP contribution < -0.4 is 19.1 Å². The normalized spacial score (nSPS) is 13.2. The lowest BCUT2D eigenvalue weighted by Gasteiger charge is -2.32. The van der Waals surface area contributed by atoms with Crippen LogP contribution in [0.3, 0.4) is 0 Å². The molecule has 1 N–H and O–H groups in total. The monoisotopic (exact) mass is 617 g/mol. The second-order valence-corrected chi connectivity index (χ2v) is 12.0. The van der Waals surface area contributed by atoms with Crippen LogP contribution in [0.4, 0.5) is 10.1 Å². The molecule has 4 rings (SSSR count). The lowest BCUT2D eigenvalue weighted by Crippen LogP contribution is -2.51. The first kappa shape index (κ1) is 31.1. The van der Waals surface area contributed by atoms with Crippen molar-refractivity contribution in [2.24, 2.45) is 0 Å². The molecule has 0 aromatic heterocycles. The van der Waals surface area contributed by atoms with Crippen LogP contribution in [0.2, 0.25) is 5.02 Å².